The number of amides is 2. The maximum absolute atomic E-state index is 12.5. The van der Waals surface area contributed by atoms with E-state index >= 15 is 0 Å². The molecule has 1 aromatic carbocycles. The Hall–Kier alpha value is -1.70. The number of nitrogens with one attached hydrogen (secondary N) is 1. The quantitative estimate of drug-likeness (QED) is 0.188. The molecule has 2 amide bonds. The molecule has 0 aliphatic carbocycles. The molecule has 3 rings (SSSR count). The van der Waals surface area contributed by atoms with Crippen molar-refractivity contribution in [3.8, 4) is 0 Å². The number of hydrogen-bond donors (Lipinski definition) is 2. The summed E-state index contributed by atoms with van der Waals surface area (Å²) in [6.07, 6.45) is 0.317. The Morgan fingerprint density at radius 3 is 2.45 bits per heavy atom. The van der Waals surface area contributed by atoms with Gasteiger partial charge in [-0.05, 0) is 5.56 Å². The molecule has 2 aliphatic rings. The molecule has 0 spiro atoms. The van der Waals surface area contributed by atoms with E-state index in [9.17, 15) is 37.3 Å². The first-order valence-electron chi connectivity index (χ1n) is 7.82. The van der Waals surface area contributed by atoms with E-state index < -0.39 is 50.3 Å². The summed E-state index contributed by atoms with van der Waals surface area (Å²) < 4.78 is 32.9. The van der Waals surface area contributed by atoms with E-state index in [1.165, 1.54) is 24.3 Å². The standard InChI is InChI=1S/C16H14N2O8S2.Na/c19-6-9-7-27-15-10(14(21)18(15)11(9)16(22)23)17-13(20)12(28(24,25)26)8-4-2-1-3-5-8;/h1-6,10,12,15H,7H2,(H,17,20)(H,22,23)(H,24,25,26);/q;+1/p-1/t10-,12?,15+;/m1./s1. The number of β-lactam (4-membered cyclic amide) rings is 1. The summed E-state index contributed by atoms with van der Waals surface area (Å²) in [6.45, 7) is 0. The molecule has 13 heteroatoms. The zero-order chi connectivity index (χ0) is 20.6. The number of carbonyl (C=O) groups excluding carboxylic acids is 4. The van der Waals surface area contributed by atoms with Gasteiger partial charge >= 0.3 is 29.6 Å². The van der Waals surface area contributed by atoms with E-state index in [0.29, 0.717) is 6.29 Å². The van der Waals surface area contributed by atoms with Gasteiger partial charge in [0.1, 0.15) is 17.7 Å². The first kappa shape index (κ1) is 23.6. The third-order valence-electron chi connectivity index (χ3n) is 4.27. The zero-order valence-corrected chi connectivity index (χ0v) is 18.6. The van der Waals surface area contributed by atoms with Gasteiger partial charge in [-0.2, -0.15) is 8.42 Å². The molecule has 1 unspecified atom stereocenters. The van der Waals surface area contributed by atoms with Crippen LogP contribution in [-0.2, 0) is 29.3 Å². The summed E-state index contributed by atoms with van der Waals surface area (Å²) >= 11 is 1.03. The molecule has 0 bridgehead atoms. The van der Waals surface area contributed by atoms with Gasteiger partial charge in [-0.1, -0.05) is 30.3 Å². The number of fused-ring (bicyclic) bond motifs is 1. The molecule has 29 heavy (non-hydrogen) atoms. The first-order valence-corrected chi connectivity index (χ1v) is 10.4. The van der Waals surface area contributed by atoms with Crippen LogP contribution in [0.5, 0.6) is 0 Å². The van der Waals surface area contributed by atoms with Crippen molar-refractivity contribution in [3.63, 3.8) is 0 Å². The Bertz CT molecular complexity index is 995. The molecule has 1 saturated heterocycles. The molecule has 0 radical (unpaired) electrons. The van der Waals surface area contributed by atoms with Crippen LogP contribution in [0.2, 0.25) is 0 Å². The molecular formula is C16H13N2NaO8S2. The third-order valence-corrected chi connectivity index (χ3v) is 6.65. The SMILES string of the molecule is O=CC1=C(C(=O)[O-])N2C(=O)[C@@H](NC(=O)C(c3ccccc3)S(=O)(=O)O)[C@@H]2SC1.[Na+]. The van der Waals surface area contributed by atoms with Crippen LogP contribution < -0.4 is 40.0 Å². The van der Waals surface area contributed by atoms with Crippen molar-refractivity contribution >= 4 is 45.9 Å². The molecule has 2 heterocycles. The summed E-state index contributed by atoms with van der Waals surface area (Å²) in [7, 11) is -4.83. The van der Waals surface area contributed by atoms with Crippen molar-refractivity contribution in [1.82, 2.24) is 10.2 Å². The largest absolute Gasteiger partial charge is 1.00 e. The van der Waals surface area contributed by atoms with E-state index in [-0.39, 0.29) is 46.4 Å². The molecule has 2 N–H and O–H groups in total. The van der Waals surface area contributed by atoms with Crippen LogP contribution in [0.25, 0.3) is 0 Å². The fourth-order valence-corrected chi connectivity index (χ4v) is 5.17. The normalized spacial score (nSPS) is 22.0. The number of rotatable bonds is 6. The van der Waals surface area contributed by atoms with E-state index in [2.05, 4.69) is 5.32 Å². The molecule has 1 aromatic rings. The zero-order valence-electron chi connectivity index (χ0n) is 15.0. The number of aldehydes is 1. The van der Waals surface area contributed by atoms with Crippen molar-refractivity contribution in [2.75, 3.05) is 5.75 Å². The summed E-state index contributed by atoms with van der Waals surface area (Å²) in [5.41, 5.74) is -0.691. The predicted molar refractivity (Wildman–Crippen MR) is 93.9 cm³/mol. The summed E-state index contributed by atoms with van der Waals surface area (Å²) in [6, 6.07) is 5.99. The average molecular weight is 448 g/mol. The number of thioether (sulfide) groups is 1. The van der Waals surface area contributed by atoms with Gasteiger partial charge in [0.25, 0.3) is 16.0 Å². The van der Waals surface area contributed by atoms with Crippen molar-refractivity contribution in [2.45, 2.75) is 16.7 Å². The Labute approximate surface area is 191 Å². The van der Waals surface area contributed by atoms with Gasteiger partial charge in [0, 0.05) is 11.3 Å². The number of aliphatic carboxylic acids is 1. The number of nitrogens with zero attached hydrogens (tertiary/aromatic N) is 1. The van der Waals surface area contributed by atoms with Gasteiger partial charge in [-0.3, -0.25) is 23.8 Å². The van der Waals surface area contributed by atoms with Crippen molar-refractivity contribution < 1.29 is 66.8 Å². The van der Waals surface area contributed by atoms with Crippen LogP contribution in [0.4, 0.5) is 0 Å². The topological polar surface area (TPSA) is 161 Å². The molecule has 0 aromatic heterocycles. The van der Waals surface area contributed by atoms with Gasteiger partial charge in [-0.25, -0.2) is 0 Å². The van der Waals surface area contributed by atoms with Crippen LogP contribution in [0.3, 0.4) is 0 Å². The number of benzene rings is 1. The van der Waals surface area contributed by atoms with Crippen LogP contribution in [-0.4, -0.2) is 59.1 Å². The van der Waals surface area contributed by atoms with Crippen molar-refractivity contribution in [1.29, 1.82) is 0 Å². The average Bonchev–Trinajstić information content (AvgIpc) is 2.64. The summed E-state index contributed by atoms with van der Waals surface area (Å²) in [5.74, 6) is -3.68. The molecule has 2 aliphatic heterocycles. The van der Waals surface area contributed by atoms with Crippen molar-refractivity contribution in [2.24, 2.45) is 0 Å². The monoisotopic (exact) mass is 448 g/mol. The molecule has 1 fully saturated rings. The first-order chi connectivity index (χ1) is 13.2. The second kappa shape index (κ2) is 8.98. The minimum absolute atomic E-state index is 0. The van der Waals surface area contributed by atoms with Gasteiger partial charge < -0.3 is 15.2 Å². The fraction of sp³-hybridized carbons (Fsp3) is 0.250. The number of carboxylic acids is 1. The number of carbonyl (C=O) groups is 4. The van der Waals surface area contributed by atoms with Crippen LogP contribution >= 0.6 is 11.8 Å². The predicted octanol–water partition coefficient (Wildman–Crippen LogP) is -4.78. The Kier molecular flexibility index (Phi) is 7.30. The van der Waals surface area contributed by atoms with Crippen LogP contribution in [0.15, 0.2) is 41.6 Å². The van der Waals surface area contributed by atoms with E-state index in [1.807, 2.05) is 0 Å². The van der Waals surface area contributed by atoms with E-state index in [0.717, 1.165) is 16.7 Å². The van der Waals surface area contributed by atoms with Gasteiger partial charge in [0.2, 0.25) is 5.91 Å². The Balaban J connectivity index is 0.00000300. The molecule has 148 valence electrons. The smallest absolute Gasteiger partial charge is 0.543 e. The maximum atomic E-state index is 12.5. The van der Waals surface area contributed by atoms with Gasteiger partial charge in [-0.15, -0.1) is 11.8 Å². The second-order valence-corrected chi connectivity index (χ2v) is 8.59. The summed E-state index contributed by atoms with van der Waals surface area (Å²) in [5, 5.41) is 10.7. The van der Waals surface area contributed by atoms with E-state index in [1.54, 1.807) is 6.07 Å². The van der Waals surface area contributed by atoms with Crippen LogP contribution in [0, 0.1) is 0 Å². The fourth-order valence-electron chi connectivity index (χ4n) is 3.04. The molecule has 10 nitrogen and oxygen atoms in total. The number of hydrogen-bond acceptors (Lipinski definition) is 8. The third kappa shape index (κ3) is 4.42. The summed E-state index contributed by atoms with van der Waals surface area (Å²) in [4.78, 5) is 48.0. The maximum Gasteiger partial charge on any atom is 1.00 e. The molecule has 0 saturated carbocycles. The van der Waals surface area contributed by atoms with Gasteiger partial charge in [0.15, 0.2) is 5.25 Å². The minimum atomic E-state index is -4.83. The van der Waals surface area contributed by atoms with E-state index in [4.69, 9.17) is 0 Å². The van der Waals surface area contributed by atoms with Crippen molar-refractivity contribution in [3.05, 3.63) is 47.2 Å². The van der Waals surface area contributed by atoms with Gasteiger partial charge in [0.05, 0.1) is 11.7 Å². The Morgan fingerprint density at radius 2 is 1.93 bits per heavy atom. The number of carboxylic acid groups (broad SMARTS) is 1. The molecular weight excluding hydrogens is 435 g/mol. The van der Waals surface area contributed by atoms with Crippen LogP contribution in [0.1, 0.15) is 10.8 Å². The Morgan fingerprint density at radius 1 is 1.31 bits per heavy atom. The minimum Gasteiger partial charge on any atom is -0.543 e. The second-order valence-electron chi connectivity index (χ2n) is 5.98. The molecule has 3 atom stereocenters.